The van der Waals surface area contributed by atoms with Crippen LogP contribution in [-0.2, 0) is 0 Å². The largest absolute Gasteiger partial charge is 0.497 e. The average Bonchev–Trinajstić information content (AvgIpc) is 2.61. The van der Waals surface area contributed by atoms with Crippen molar-refractivity contribution in [3.8, 4) is 17.2 Å². The molecule has 0 aromatic heterocycles. The van der Waals surface area contributed by atoms with Gasteiger partial charge in [0.15, 0.2) is 0 Å². The van der Waals surface area contributed by atoms with Crippen molar-refractivity contribution >= 4 is 17.4 Å². The Hall–Kier alpha value is -2.89. The first-order chi connectivity index (χ1) is 12.0. The molecule has 2 amide bonds. The highest BCUT2D eigenvalue weighted by molar-refractivity contribution is 6.04. The molecule has 1 atom stereocenters. The van der Waals surface area contributed by atoms with Crippen LogP contribution in [-0.4, -0.2) is 32.9 Å². The number of carbonyl (C=O) groups is 1. The van der Waals surface area contributed by atoms with Gasteiger partial charge in [0.05, 0.1) is 32.1 Å². The molecule has 6 heteroatoms. The summed E-state index contributed by atoms with van der Waals surface area (Å²) in [5.74, 6) is 1.92. The van der Waals surface area contributed by atoms with Gasteiger partial charge in [-0.2, -0.15) is 0 Å². The van der Waals surface area contributed by atoms with Crippen molar-refractivity contribution in [1.82, 2.24) is 0 Å². The number of urea groups is 1. The van der Waals surface area contributed by atoms with Gasteiger partial charge in [0, 0.05) is 6.07 Å². The van der Waals surface area contributed by atoms with E-state index in [1.807, 2.05) is 32.0 Å². The van der Waals surface area contributed by atoms with Crippen LogP contribution in [0.3, 0.4) is 0 Å². The minimum Gasteiger partial charge on any atom is -0.497 e. The number of aryl methyl sites for hydroxylation is 1. The van der Waals surface area contributed by atoms with Crippen LogP contribution in [0.25, 0.3) is 0 Å². The van der Waals surface area contributed by atoms with Crippen LogP contribution in [0.5, 0.6) is 17.2 Å². The lowest BCUT2D eigenvalue weighted by molar-refractivity contribution is 0.208. The molecule has 1 aliphatic rings. The van der Waals surface area contributed by atoms with E-state index in [1.54, 1.807) is 37.3 Å². The fourth-order valence-corrected chi connectivity index (χ4v) is 2.83. The molecule has 0 saturated carbocycles. The standard InChI is InChI=1S/C19H22N2O4/c1-12-5-7-18-16(9-12)21(11-13(2)25-18)19(22)20-15-10-14(23-3)6-8-17(15)24-4/h5-10,13H,11H2,1-4H3,(H,20,22)/t13-/m0/s1. The van der Waals surface area contributed by atoms with Gasteiger partial charge in [0.2, 0.25) is 0 Å². The smallest absolute Gasteiger partial charge is 0.326 e. The molecule has 0 spiro atoms. The molecule has 0 saturated heterocycles. The van der Waals surface area contributed by atoms with E-state index in [2.05, 4.69) is 5.32 Å². The molecule has 1 heterocycles. The molecule has 0 unspecified atom stereocenters. The number of rotatable bonds is 3. The third-order valence-electron chi connectivity index (χ3n) is 4.07. The van der Waals surface area contributed by atoms with Gasteiger partial charge in [-0.3, -0.25) is 4.90 Å². The van der Waals surface area contributed by atoms with Crippen molar-refractivity contribution in [3.63, 3.8) is 0 Å². The van der Waals surface area contributed by atoms with Crippen LogP contribution in [0.1, 0.15) is 12.5 Å². The first-order valence-electron chi connectivity index (χ1n) is 8.09. The van der Waals surface area contributed by atoms with Gasteiger partial charge in [0.25, 0.3) is 0 Å². The van der Waals surface area contributed by atoms with E-state index >= 15 is 0 Å². The van der Waals surface area contributed by atoms with Gasteiger partial charge in [-0.25, -0.2) is 4.79 Å². The molecule has 0 aliphatic carbocycles. The quantitative estimate of drug-likeness (QED) is 0.921. The zero-order valence-electron chi connectivity index (χ0n) is 14.8. The molecule has 0 bridgehead atoms. The molecule has 25 heavy (non-hydrogen) atoms. The zero-order valence-corrected chi connectivity index (χ0v) is 14.8. The molecule has 0 radical (unpaired) electrons. The van der Waals surface area contributed by atoms with Gasteiger partial charge < -0.3 is 19.5 Å². The molecule has 6 nitrogen and oxygen atoms in total. The lowest BCUT2D eigenvalue weighted by atomic mass is 10.1. The summed E-state index contributed by atoms with van der Waals surface area (Å²) in [5.41, 5.74) is 2.38. The SMILES string of the molecule is COc1ccc(OC)c(NC(=O)N2C[C@H](C)Oc3ccc(C)cc32)c1. The fourth-order valence-electron chi connectivity index (χ4n) is 2.83. The molecule has 3 rings (SSSR count). The van der Waals surface area contributed by atoms with Crippen LogP contribution in [0.2, 0.25) is 0 Å². The Labute approximate surface area is 147 Å². The van der Waals surface area contributed by atoms with E-state index < -0.39 is 0 Å². The maximum atomic E-state index is 12.9. The summed E-state index contributed by atoms with van der Waals surface area (Å²) in [6.45, 7) is 4.39. The molecule has 0 fully saturated rings. The van der Waals surface area contributed by atoms with Crippen molar-refractivity contribution in [1.29, 1.82) is 0 Å². The first-order valence-corrected chi connectivity index (χ1v) is 8.09. The lowest BCUT2D eigenvalue weighted by Gasteiger charge is -2.33. The van der Waals surface area contributed by atoms with Crippen molar-refractivity contribution in [2.24, 2.45) is 0 Å². The molecule has 1 N–H and O–H groups in total. The van der Waals surface area contributed by atoms with Gasteiger partial charge >= 0.3 is 6.03 Å². The molecule has 132 valence electrons. The highest BCUT2D eigenvalue weighted by Gasteiger charge is 2.28. The Balaban J connectivity index is 1.91. The van der Waals surface area contributed by atoms with Gasteiger partial charge in [-0.15, -0.1) is 0 Å². The van der Waals surface area contributed by atoms with Crippen LogP contribution >= 0.6 is 0 Å². The average molecular weight is 342 g/mol. The number of benzene rings is 2. The van der Waals surface area contributed by atoms with E-state index in [9.17, 15) is 4.79 Å². The monoisotopic (exact) mass is 342 g/mol. The summed E-state index contributed by atoms with van der Waals surface area (Å²) in [6, 6.07) is 10.8. The van der Waals surface area contributed by atoms with Gasteiger partial charge in [-0.1, -0.05) is 6.07 Å². The molecule has 2 aromatic rings. The van der Waals surface area contributed by atoms with E-state index in [-0.39, 0.29) is 12.1 Å². The second kappa shape index (κ2) is 6.93. The molecular formula is C19H22N2O4. The highest BCUT2D eigenvalue weighted by atomic mass is 16.5. The van der Waals surface area contributed by atoms with Gasteiger partial charge in [0.1, 0.15) is 23.4 Å². The summed E-state index contributed by atoms with van der Waals surface area (Å²) in [4.78, 5) is 14.6. The lowest BCUT2D eigenvalue weighted by Crippen LogP contribution is -2.44. The normalized spacial score (nSPS) is 15.8. The predicted molar refractivity (Wildman–Crippen MR) is 97.2 cm³/mol. The summed E-state index contributed by atoms with van der Waals surface area (Å²) < 4.78 is 16.4. The first kappa shape index (κ1) is 17.0. The van der Waals surface area contributed by atoms with Crippen LogP contribution in [0, 0.1) is 6.92 Å². The van der Waals surface area contributed by atoms with Gasteiger partial charge in [-0.05, 0) is 43.7 Å². The van der Waals surface area contributed by atoms with Crippen molar-refractivity contribution in [3.05, 3.63) is 42.0 Å². The Bertz CT molecular complexity index is 791. The fraction of sp³-hybridized carbons (Fsp3) is 0.316. The summed E-state index contributed by atoms with van der Waals surface area (Å²) in [6.07, 6.45) is -0.0897. The zero-order chi connectivity index (χ0) is 18.0. The maximum Gasteiger partial charge on any atom is 0.326 e. The highest BCUT2D eigenvalue weighted by Crippen LogP contribution is 2.35. The number of ether oxygens (including phenoxy) is 3. The number of nitrogens with one attached hydrogen (secondary N) is 1. The topological polar surface area (TPSA) is 60.0 Å². The Kier molecular flexibility index (Phi) is 4.70. The van der Waals surface area contributed by atoms with E-state index in [0.29, 0.717) is 29.5 Å². The Morgan fingerprint density at radius 3 is 2.72 bits per heavy atom. The number of anilines is 2. The summed E-state index contributed by atoms with van der Waals surface area (Å²) in [7, 11) is 3.14. The second-order valence-electron chi connectivity index (χ2n) is 6.01. The van der Waals surface area contributed by atoms with Crippen molar-refractivity contribution in [2.45, 2.75) is 20.0 Å². The maximum absolute atomic E-state index is 12.9. The molecular weight excluding hydrogens is 320 g/mol. The van der Waals surface area contributed by atoms with E-state index in [0.717, 1.165) is 11.3 Å². The summed E-state index contributed by atoms with van der Waals surface area (Å²) in [5, 5.41) is 2.91. The minimum absolute atomic E-state index is 0.0897. The summed E-state index contributed by atoms with van der Waals surface area (Å²) >= 11 is 0. The number of hydrogen-bond acceptors (Lipinski definition) is 4. The van der Waals surface area contributed by atoms with Crippen molar-refractivity contribution in [2.75, 3.05) is 31.0 Å². The number of hydrogen-bond donors (Lipinski definition) is 1. The number of methoxy groups -OCH3 is 2. The predicted octanol–water partition coefficient (Wildman–Crippen LogP) is 3.83. The Morgan fingerprint density at radius 1 is 1.20 bits per heavy atom. The number of carbonyl (C=O) groups excluding carboxylic acids is 1. The molecule has 1 aliphatic heterocycles. The van der Waals surface area contributed by atoms with E-state index in [4.69, 9.17) is 14.2 Å². The van der Waals surface area contributed by atoms with Crippen molar-refractivity contribution < 1.29 is 19.0 Å². The third-order valence-corrected chi connectivity index (χ3v) is 4.07. The number of nitrogens with zero attached hydrogens (tertiary/aromatic N) is 1. The van der Waals surface area contributed by atoms with E-state index in [1.165, 1.54) is 0 Å². The second-order valence-corrected chi connectivity index (χ2v) is 6.01. The van der Waals surface area contributed by atoms with Crippen LogP contribution < -0.4 is 24.4 Å². The minimum atomic E-state index is -0.242. The third kappa shape index (κ3) is 3.47. The number of amides is 2. The van der Waals surface area contributed by atoms with Crippen LogP contribution in [0.4, 0.5) is 16.2 Å². The molecule has 2 aromatic carbocycles. The Morgan fingerprint density at radius 2 is 2.00 bits per heavy atom. The van der Waals surface area contributed by atoms with Crippen LogP contribution in [0.15, 0.2) is 36.4 Å². The number of fused-ring (bicyclic) bond motifs is 1.